The summed E-state index contributed by atoms with van der Waals surface area (Å²) in [6.45, 7) is 0.721. The first kappa shape index (κ1) is 9.37. The zero-order valence-electron chi connectivity index (χ0n) is 8.95. The average molecular weight is 207 g/mol. The molecule has 0 unspecified atom stereocenters. The molecule has 0 spiro atoms. The first-order valence-electron chi connectivity index (χ1n) is 6.07. The topological polar surface area (TPSA) is 37.4 Å². The molecule has 0 radical (unpaired) electrons. The van der Waals surface area contributed by atoms with Crippen molar-refractivity contribution in [2.24, 2.45) is 17.8 Å². The molecule has 0 N–H and O–H groups in total. The summed E-state index contributed by atoms with van der Waals surface area (Å²) >= 11 is 0. The number of nitrogens with zero attached hydrogens (tertiary/aromatic N) is 1. The van der Waals surface area contributed by atoms with Crippen LogP contribution in [0.2, 0.25) is 0 Å². The van der Waals surface area contributed by atoms with Gasteiger partial charge in [-0.25, -0.2) is 0 Å². The van der Waals surface area contributed by atoms with E-state index in [4.69, 9.17) is 0 Å². The van der Waals surface area contributed by atoms with Crippen LogP contribution in [0, 0.1) is 17.8 Å². The molecule has 15 heavy (non-hydrogen) atoms. The number of imide groups is 1. The van der Waals surface area contributed by atoms with Gasteiger partial charge in [0.25, 0.3) is 0 Å². The Labute approximate surface area is 89.8 Å². The molecular weight excluding hydrogens is 190 g/mol. The number of hydrogen-bond acceptors (Lipinski definition) is 2. The first-order chi connectivity index (χ1) is 7.24. The zero-order chi connectivity index (χ0) is 10.4. The summed E-state index contributed by atoms with van der Waals surface area (Å²) in [4.78, 5) is 24.5. The fraction of sp³-hybridized carbons (Fsp3) is 0.833. The van der Waals surface area contributed by atoms with Gasteiger partial charge in [-0.2, -0.15) is 0 Å². The van der Waals surface area contributed by atoms with Gasteiger partial charge in [-0.15, -0.1) is 0 Å². The average Bonchev–Trinajstić information content (AvgIpc) is 2.89. The van der Waals surface area contributed by atoms with Crippen molar-refractivity contribution in [1.82, 2.24) is 4.90 Å². The van der Waals surface area contributed by atoms with Crippen LogP contribution in [0.4, 0.5) is 0 Å². The molecule has 1 saturated heterocycles. The van der Waals surface area contributed by atoms with E-state index in [1.54, 1.807) is 0 Å². The van der Waals surface area contributed by atoms with Crippen LogP contribution >= 0.6 is 0 Å². The van der Waals surface area contributed by atoms with Crippen LogP contribution in [-0.2, 0) is 9.59 Å². The number of fused-ring (bicyclic) bond motifs is 2. The van der Waals surface area contributed by atoms with Gasteiger partial charge in [0, 0.05) is 19.4 Å². The second-order valence-electron chi connectivity index (χ2n) is 5.33. The largest absolute Gasteiger partial charge is 0.282 e. The van der Waals surface area contributed by atoms with E-state index in [2.05, 4.69) is 0 Å². The molecule has 2 amide bonds. The van der Waals surface area contributed by atoms with E-state index in [1.165, 1.54) is 30.6 Å². The lowest BCUT2D eigenvalue weighted by Crippen LogP contribution is -2.35. The molecular formula is C12H17NO2. The summed E-state index contributed by atoms with van der Waals surface area (Å²) in [5.41, 5.74) is 0. The van der Waals surface area contributed by atoms with E-state index in [0.29, 0.717) is 18.8 Å². The standard InChI is InChI=1S/C12H17NO2/c14-11-3-4-12(15)13(11)7-10-6-8-1-2-9(10)5-8/h8-10H,1-7H2/t8-,9+,10-/m1/s1. The van der Waals surface area contributed by atoms with Crippen molar-refractivity contribution >= 4 is 11.8 Å². The third-order valence-corrected chi connectivity index (χ3v) is 4.46. The fourth-order valence-corrected chi connectivity index (χ4v) is 3.66. The maximum absolute atomic E-state index is 11.5. The third-order valence-electron chi connectivity index (χ3n) is 4.46. The van der Waals surface area contributed by atoms with Crippen molar-refractivity contribution < 1.29 is 9.59 Å². The van der Waals surface area contributed by atoms with E-state index >= 15 is 0 Å². The lowest BCUT2D eigenvalue weighted by molar-refractivity contribution is -0.139. The Morgan fingerprint density at radius 3 is 2.33 bits per heavy atom. The molecule has 1 aliphatic heterocycles. The summed E-state index contributed by atoms with van der Waals surface area (Å²) in [5, 5.41) is 0. The molecule has 3 aliphatic rings. The minimum atomic E-state index is 0.0581. The summed E-state index contributed by atoms with van der Waals surface area (Å²) in [6.07, 6.45) is 6.19. The van der Waals surface area contributed by atoms with Crippen LogP contribution < -0.4 is 0 Å². The van der Waals surface area contributed by atoms with Crippen molar-refractivity contribution in [1.29, 1.82) is 0 Å². The second-order valence-corrected chi connectivity index (χ2v) is 5.33. The maximum Gasteiger partial charge on any atom is 0.229 e. The summed E-state index contributed by atoms with van der Waals surface area (Å²) in [7, 11) is 0. The molecule has 2 aliphatic carbocycles. The Balaban J connectivity index is 1.65. The normalized spacial score (nSPS) is 39.5. The molecule has 3 atom stereocenters. The number of carbonyl (C=O) groups excluding carboxylic acids is 2. The zero-order valence-corrected chi connectivity index (χ0v) is 8.95. The molecule has 2 saturated carbocycles. The highest BCUT2D eigenvalue weighted by Crippen LogP contribution is 2.48. The smallest absolute Gasteiger partial charge is 0.229 e. The predicted octanol–water partition coefficient (Wildman–Crippen LogP) is 1.57. The van der Waals surface area contributed by atoms with Gasteiger partial charge in [0.05, 0.1) is 0 Å². The van der Waals surface area contributed by atoms with Gasteiger partial charge in [0.1, 0.15) is 0 Å². The van der Waals surface area contributed by atoms with E-state index in [1.807, 2.05) is 0 Å². The van der Waals surface area contributed by atoms with Gasteiger partial charge in [0.15, 0.2) is 0 Å². The van der Waals surface area contributed by atoms with Gasteiger partial charge in [-0.1, -0.05) is 6.42 Å². The highest BCUT2D eigenvalue weighted by molar-refractivity contribution is 6.01. The van der Waals surface area contributed by atoms with Crippen LogP contribution in [0.3, 0.4) is 0 Å². The SMILES string of the molecule is O=C1CCC(=O)N1C[C@H]1C[C@@H]2CC[C@H]1C2. The van der Waals surface area contributed by atoms with Crippen molar-refractivity contribution in [2.45, 2.75) is 38.5 Å². The highest BCUT2D eigenvalue weighted by atomic mass is 16.2. The van der Waals surface area contributed by atoms with Crippen molar-refractivity contribution in [3.8, 4) is 0 Å². The molecule has 3 heteroatoms. The van der Waals surface area contributed by atoms with Gasteiger partial charge in [-0.05, 0) is 37.0 Å². The van der Waals surface area contributed by atoms with Crippen molar-refractivity contribution in [3.05, 3.63) is 0 Å². The van der Waals surface area contributed by atoms with Crippen LogP contribution in [0.25, 0.3) is 0 Å². The fourth-order valence-electron chi connectivity index (χ4n) is 3.66. The lowest BCUT2D eigenvalue weighted by Gasteiger charge is -2.25. The number of likely N-dealkylation sites (tertiary alicyclic amines) is 1. The minimum absolute atomic E-state index is 0.0581. The molecule has 0 aromatic heterocycles. The second kappa shape index (κ2) is 3.32. The monoisotopic (exact) mass is 207 g/mol. The molecule has 0 aromatic carbocycles. The molecule has 3 fully saturated rings. The van der Waals surface area contributed by atoms with Crippen molar-refractivity contribution in [3.63, 3.8) is 0 Å². The van der Waals surface area contributed by atoms with Crippen LogP contribution in [0.5, 0.6) is 0 Å². The van der Waals surface area contributed by atoms with Crippen LogP contribution in [0.1, 0.15) is 38.5 Å². The summed E-state index contributed by atoms with van der Waals surface area (Å²) < 4.78 is 0. The van der Waals surface area contributed by atoms with Gasteiger partial charge in [-0.3, -0.25) is 14.5 Å². The lowest BCUT2D eigenvalue weighted by atomic mass is 9.88. The maximum atomic E-state index is 11.5. The van der Waals surface area contributed by atoms with Crippen molar-refractivity contribution in [2.75, 3.05) is 6.54 Å². The van der Waals surface area contributed by atoms with Gasteiger partial charge >= 0.3 is 0 Å². The van der Waals surface area contributed by atoms with Gasteiger partial charge < -0.3 is 0 Å². The summed E-state index contributed by atoms with van der Waals surface area (Å²) in [6, 6.07) is 0. The number of carbonyl (C=O) groups is 2. The summed E-state index contributed by atoms with van der Waals surface area (Å²) in [5.74, 6) is 2.43. The quantitative estimate of drug-likeness (QED) is 0.644. The molecule has 3 rings (SSSR count). The van der Waals surface area contributed by atoms with E-state index < -0.39 is 0 Å². The first-order valence-corrected chi connectivity index (χ1v) is 6.07. The molecule has 0 aromatic rings. The van der Waals surface area contributed by atoms with E-state index in [-0.39, 0.29) is 11.8 Å². The highest BCUT2D eigenvalue weighted by Gasteiger charge is 2.42. The Kier molecular flexibility index (Phi) is 2.08. The minimum Gasteiger partial charge on any atom is -0.282 e. The van der Waals surface area contributed by atoms with E-state index in [0.717, 1.165) is 18.4 Å². The Morgan fingerprint density at radius 1 is 1.07 bits per heavy atom. The Morgan fingerprint density at radius 2 is 1.80 bits per heavy atom. The number of hydrogen-bond donors (Lipinski definition) is 0. The number of rotatable bonds is 2. The predicted molar refractivity (Wildman–Crippen MR) is 54.9 cm³/mol. The Bertz CT molecular complexity index is 297. The van der Waals surface area contributed by atoms with Crippen LogP contribution in [-0.4, -0.2) is 23.3 Å². The molecule has 1 heterocycles. The molecule has 3 nitrogen and oxygen atoms in total. The Hall–Kier alpha value is -0.860. The van der Waals surface area contributed by atoms with Crippen LogP contribution in [0.15, 0.2) is 0 Å². The number of amides is 2. The third kappa shape index (κ3) is 1.48. The molecule has 2 bridgehead atoms. The van der Waals surface area contributed by atoms with Gasteiger partial charge in [0.2, 0.25) is 11.8 Å². The molecule has 82 valence electrons. The van der Waals surface area contributed by atoms with E-state index in [9.17, 15) is 9.59 Å².